The molecule has 22 heavy (non-hydrogen) atoms. The van der Waals surface area contributed by atoms with Gasteiger partial charge in [-0.3, -0.25) is 4.79 Å². The molecule has 118 valence electrons. The maximum atomic E-state index is 12.1. The maximum Gasteiger partial charge on any atom is 0.243 e. The molecule has 2 heterocycles. The third-order valence-corrected chi connectivity index (χ3v) is 4.27. The van der Waals surface area contributed by atoms with Gasteiger partial charge >= 0.3 is 0 Å². The van der Waals surface area contributed by atoms with Crippen molar-refractivity contribution in [2.45, 2.75) is 13.0 Å². The van der Waals surface area contributed by atoms with Crippen LogP contribution in [0.25, 0.3) is 10.6 Å². The zero-order valence-electron chi connectivity index (χ0n) is 12.2. The van der Waals surface area contributed by atoms with E-state index in [1.54, 1.807) is 11.3 Å². The van der Waals surface area contributed by atoms with Gasteiger partial charge in [-0.2, -0.15) is 0 Å². The molecule has 1 aromatic carbocycles. The van der Waals surface area contributed by atoms with Crippen molar-refractivity contribution in [3.05, 3.63) is 35.3 Å². The molecule has 2 N–H and O–H groups in total. The fourth-order valence-corrected chi connectivity index (χ4v) is 2.95. The van der Waals surface area contributed by atoms with Crippen molar-refractivity contribution in [3.63, 3.8) is 0 Å². The van der Waals surface area contributed by atoms with E-state index in [1.807, 2.05) is 36.6 Å². The number of ether oxygens (including phenoxy) is 1. The molecule has 1 aliphatic heterocycles. The Balaban J connectivity index is 0.00000176. The Labute approximate surface area is 139 Å². The second-order valence-corrected chi connectivity index (χ2v) is 5.80. The largest absolute Gasteiger partial charge is 0.378 e. The predicted octanol–water partition coefficient (Wildman–Crippen LogP) is 2.47. The first-order valence-corrected chi connectivity index (χ1v) is 7.75. The summed E-state index contributed by atoms with van der Waals surface area (Å²) in [6.07, 6.45) is 0. The van der Waals surface area contributed by atoms with E-state index in [4.69, 9.17) is 4.74 Å². The molecule has 1 atom stereocenters. The standard InChI is InChI=1S/C15H17N3O2S.ClH/c1-10-9-21-15(17-10)11-2-4-12(5-3-11)18-14(19)13-8-20-7-6-16-13;/h2-5,9,13,16H,6-8H2,1H3,(H,18,19);1H. The minimum Gasteiger partial charge on any atom is -0.378 e. The number of aromatic nitrogens is 1. The molecule has 0 spiro atoms. The predicted molar refractivity (Wildman–Crippen MR) is 90.8 cm³/mol. The number of nitrogens with zero attached hydrogens (tertiary/aromatic N) is 1. The van der Waals surface area contributed by atoms with Gasteiger partial charge in [0.05, 0.1) is 13.2 Å². The van der Waals surface area contributed by atoms with Crippen molar-refractivity contribution in [1.29, 1.82) is 0 Å². The second-order valence-electron chi connectivity index (χ2n) is 4.94. The Kier molecular flexibility index (Phi) is 5.90. The average Bonchev–Trinajstić information content (AvgIpc) is 2.95. The molecule has 3 rings (SSSR count). The number of hydrogen-bond donors (Lipinski definition) is 2. The molecule has 1 unspecified atom stereocenters. The number of morpholine rings is 1. The van der Waals surface area contributed by atoms with Gasteiger partial charge in [0.15, 0.2) is 0 Å². The van der Waals surface area contributed by atoms with Crippen LogP contribution in [0.3, 0.4) is 0 Å². The zero-order valence-corrected chi connectivity index (χ0v) is 13.8. The molecule has 1 saturated heterocycles. The lowest BCUT2D eigenvalue weighted by molar-refractivity contribution is -0.120. The molecule has 1 aliphatic rings. The van der Waals surface area contributed by atoms with Crippen molar-refractivity contribution in [1.82, 2.24) is 10.3 Å². The number of hydrogen-bond acceptors (Lipinski definition) is 5. The SMILES string of the molecule is Cc1csc(-c2ccc(NC(=O)C3COCCN3)cc2)n1.Cl. The third-order valence-electron chi connectivity index (χ3n) is 3.26. The van der Waals surface area contributed by atoms with Gasteiger partial charge in [0.25, 0.3) is 0 Å². The highest BCUT2D eigenvalue weighted by molar-refractivity contribution is 7.13. The molecule has 0 saturated carbocycles. The molecule has 2 aromatic rings. The summed E-state index contributed by atoms with van der Waals surface area (Å²) in [7, 11) is 0. The molecule has 0 radical (unpaired) electrons. The number of thiazole rings is 1. The van der Waals surface area contributed by atoms with Gasteiger partial charge in [-0.15, -0.1) is 23.7 Å². The van der Waals surface area contributed by atoms with Crippen LogP contribution < -0.4 is 10.6 Å². The quantitative estimate of drug-likeness (QED) is 0.901. The molecule has 1 amide bonds. The lowest BCUT2D eigenvalue weighted by Crippen LogP contribution is -2.48. The first-order valence-electron chi connectivity index (χ1n) is 6.87. The lowest BCUT2D eigenvalue weighted by Gasteiger charge is -2.22. The molecular weight excluding hydrogens is 322 g/mol. The molecule has 0 aliphatic carbocycles. The van der Waals surface area contributed by atoms with Crippen LogP contribution in [0.4, 0.5) is 5.69 Å². The van der Waals surface area contributed by atoms with E-state index >= 15 is 0 Å². The second kappa shape index (κ2) is 7.69. The summed E-state index contributed by atoms with van der Waals surface area (Å²) in [6.45, 7) is 3.77. The molecule has 1 fully saturated rings. The summed E-state index contributed by atoms with van der Waals surface area (Å²) in [5, 5.41) is 9.05. The van der Waals surface area contributed by atoms with Crippen LogP contribution in [0.2, 0.25) is 0 Å². The van der Waals surface area contributed by atoms with Gasteiger partial charge in [0, 0.05) is 28.9 Å². The van der Waals surface area contributed by atoms with Crippen molar-refractivity contribution in [2.24, 2.45) is 0 Å². The Morgan fingerprint density at radius 3 is 2.77 bits per heavy atom. The summed E-state index contributed by atoms with van der Waals surface area (Å²) in [5.74, 6) is -0.0625. The number of benzene rings is 1. The first-order chi connectivity index (χ1) is 10.2. The van der Waals surface area contributed by atoms with Crippen LogP contribution in [-0.2, 0) is 9.53 Å². The highest BCUT2D eigenvalue weighted by Gasteiger charge is 2.21. The molecule has 0 bridgehead atoms. The number of amides is 1. The van der Waals surface area contributed by atoms with Gasteiger partial charge in [-0.25, -0.2) is 4.98 Å². The van der Waals surface area contributed by atoms with E-state index in [0.717, 1.165) is 22.0 Å². The van der Waals surface area contributed by atoms with E-state index in [9.17, 15) is 4.79 Å². The van der Waals surface area contributed by atoms with Gasteiger partial charge < -0.3 is 15.4 Å². The number of carbonyl (C=O) groups excluding carboxylic acids is 1. The Hall–Kier alpha value is -1.47. The summed E-state index contributed by atoms with van der Waals surface area (Å²) < 4.78 is 5.29. The topological polar surface area (TPSA) is 63.2 Å². The fourth-order valence-electron chi connectivity index (χ4n) is 2.15. The number of halogens is 1. The Morgan fingerprint density at radius 2 is 2.18 bits per heavy atom. The van der Waals surface area contributed by atoms with Crippen molar-refractivity contribution in [3.8, 4) is 10.6 Å². The number of nitrogens with one attached hydrogen (secondary N) is 2. The van der Waals surface area contributed by atoms with E-state index in [1.165, 1.54) is 0 Å². The van der Waals surface area contributed by atoms with Crippen molar-refractivity contribution >= 4 is 35.3 Å². The van der Waals surface area contributed by atoms with Crippen LogP contribution in [0.15, 0.2) is 29.6 Å². The van der Waals surface area contributed by atoms with Crippen LogP contribution in [-0.4, -0.2) is 36.7 Å². The molecular formula is C15H18ClN3O2S. The third kappa shape index (κ3) is 4.04. The van der Waals surface area contributed by atoms with Crippen LogP contribution in [0.1, 0.15) is 5.69 Å². The Morgan fingerprint density at radius 1 is 1.41 bits per heavy atom. The summed E-state index contributed by atoms with van der Waals surface area (Å²) in [6, 6.07) is 7.46. The summed E-state index contributed by atoms with van der Waals surface area (Å²) in [4.78, 5) is 16.5. The molecule has 5 nitrogen and oxygen atoms in total. The number of carbonyl (C=O) groups is 1. The number of anilines is 1. The zero-order chi connectivity index (χ0) is 14.7. The maximum absolute atomic E-state index is 12.1. The Bertz CT molecular complexity index is 624. The van der Waals surface area contributed by atoms with Gasteiger partial charge in [-0.05, 0) is 31.2 Å². The average molecular weight is 340 g/mol. The smallest absolute Gasteiger partial charge is 0.243 e. The van der Waals surface area contributed by atoms with E-state index in [-0.39, 0.29) is 24.4 Å². The highest BCUT2D eigenvalue weighted by Crippen LogP contribution is 2.24. The first kappa shape index (κ1) is 16.9. The monoisotopic (exact) mass is 339 g/mol. The number of aryl methyl sites for hydroxylation is 1. The normalized spacial score (nSPS) is 17.6. The lowest BCUT2D eigenvalue weighted by atomic mass is 10.2. The van der Waals surface area contributed by atoms with Gasteiger partial charge in [0.1, 0.15) is 11.0 Å². The minimum atomic E-state index is -0.278. The van der Waals surface area contributed by atoms with Crippen LogP contribution in [0, 0.1) is 6.92 Å². The van der Waals surface area contributed by atoms with E-state index in [2.05, 4.69) is 15.6 Å². The number of rotatable bonds is 3. The fraction of sp³-hybridized carbons (Fsp3) is 0.333. The molecule has 1 aromatic heterocycles. The van der Waals surface area contributed by atoms with E-state index < -0.39 is 0 Å². The minimum absolute atomic E-state index is 0. The van der Waals surface area contributed by atoms with E-state index in [0.29, 0.717) is 19.8 Å². The van der Waals surface area contributed by atoms with Crippen LogP contribution >= 0.6 is 23.7 Å². The highest BCUT2D eigenvalue weighted by atomic mass is 35.5. The van der Waals surface area contributed by atoms with Gasteiger partial charge in [-0.1, -0.05) is 0 Å². The van der Waals surface area contributed by atoms with Crippen LogP contribution in [0.5, 0.6) is 0 Å². The van der Waals surface area contributed by atoms with Crippen molar-refractivity contribution in [2.75, 3.05) is 25.1 Å². The summed E-state index contributed by atoms with van der Waals surface area (Å²) >= 11 is 1.62. The van der Waals surface area contributed by atoms with Crippen molar-refractivity contribution < 1.29 is 9.53 Å². The van der Waals surface area contributed by atoms with Gasteiger partial charge in [0.2, 0.25) is 5.91 Å². The summed E-state index contributed by atoms with van der Waals surface area (Å²) in [5.41, 5.74) is 2.87. The molecule has 7 heteroatoms.